The molecule has 0 spiro atoms. The Balaban J connectivity index is 1.96. The van der Waals surface area contributed by atoms with Gasteiger partial charge in [-0.2, -0.15) is 4.31 Å². The fourth-order valence-corrected chi connectivity index (χ4v) is 6.16. The Morgan fingerprint density at radius 2 is 1.96 bits per heavy atom. The summed E-state index contributed by atoms with van der Waals surface area (Å²) in [5, 5.41) is 0. The average Bonchev–Trinajstić information content (AvgIpc) is 3.07. The van der Waals surface area contributed by atoms with Crippen LogP contribution in [0.3, 0.4) is 0 Å². The van der Waals surface area contributed by atoms with Gasteiger partial charge in [0.15, 0.2) is 0 Å². The lowest BCUT2D eigenvalue weighted by Crippen LogP contribution is -2.52. The fourth-order valence-electron chi connectivity index (χ4n) is 4.40. The summed E-state index contributed by atoms with van der Waals surface area (Å²) >= 11 is 0. The first-order chi connectivity index (χ1) is 13.3. The Morgan fingerprint density at radius 3 is 2.57 bits per heavy atom. The van der Waals surface area contributed by atoms with E-state index in [0.717, 1.165) is 6.42 Å². The first-order valence-corrected chi connectivity index (χ1v) is 10.7. The highest BCUT2D eigenvalue weighted by Gasteiger charge is 2.53. The molecule has 0 bridgehead atoms. The van der Waals surface area contributed by atoms with Gasteiger partial charge in [-0.3, -0.25) is 4.79 Å². The van der Waals surface area contributed by atoms with Crippen LogP contribution in [-0.4, -0.2) is 77.6 Å². The second-order valence-corrected chi connectivity index (χ2v) is 9.44. The Kier molecular flexibility index (Phi) is 5.88. The van der Waals surface area contributed by atoms with Gasteiger partial charge >= 0.3 is 0 Å². The molecule has 2 aliphatic rings. The van der Waals surface area contributed by atoms with Crippen molar-refractivity contribution in [1.29, 1.82) is 0 Å². The summed E-state index contributed by atoms with van der Waals surface area (Å²) in [6.45, 7) is 3.80. The van der Waals surface area contributed by atoms with Gasteiger partial charge in [0.25, 0.3) is 0 Å². The van der Waals surface area contributed by atoms with Crippen LogP contribution in [0, 0.1) is 11.3 Å². The summed E-state index contributed by atoms with van der Waals surface area (Å²) in [5.74, 6) is 0.867. The predicted molar refractivity (Wildman–Crippen MR) is 103 cm³/mol. The first-order valence-electron chi connectivity index (χ1n) is 9.24. The topological polar surface area (TPSA) is 85.4 Å². The van der Waals surface area contributed by atoms with Crippen molar-refractivity contribution in [3.05, 3.63) is 18.2 Å². The van der Waals surface area contributed by atoms with E-state index >= 15 is 0 Å². The zero-order chi connectivity index (χ0) is 20.5. The number of carbonyl (C=O) groups is 1. The van der Waals surface area contributed by atoms with Crippen molar-refractivity contribution in [3.8, 4) is 11.5 Å². The maximum Gasteiger partial charge on any atom is 0.246 e. The Morgan fingerprint density at radius 1 is 1.21 bits per heavy atom. The molecule has 2 atom stereocenters. The van der Waals surface area contributed by atoms with Crippen molar-refractivity contribution < 1.29 is 27.4 Å². The number of piperidine rings is 1. The smallest absolute Gasteiger partial charge is 0.246 e. The molecular weight excluding hydrogens is 384 g/mol. The molecule has 0 radical (unpaired) electrons. The summed E-state index contributed by atoms with van der Waals surface area (Å²) in [6, 6.07) is 4.75. The summed E-state index contributed by atoms with van der Waals surface area (Å²) in [7, 11) is 0.754. The third kappa shape index (κ3) is 3.58. The quantitative estimate of drug-likeness (QED) is 0.698. The van der Waals surface area contributed by atoms with Crippen LogP contribution in [0.1, 0.15) is 13.3 Å². The number of likely N-dealkylation sites (tertiary alicyclic amines) is 1. The maximum absolute atomic E-state index is 13.5. The molecule has 0 unspecified atom stereocenters. The van der Waals surface area contributed by atoms with Gasteiger partial charge in [0.1, 0.15) is 16.4 Å². The number of hydrogen-bond donors (Lipinski definition) is 0. The number of hydrogen-bond acceptors (Lipinski definition) is 6. The molecule has 28 heavy (non-hydrogen) atoms. The lowest BCUT2D eigenvalue weighted by Gasteiger charge is -2.43. The van der Waals surface area contributed by atoms with E-state index in [1.807, 2.05) is 0 Å². The van der Waals surface area contributed by atoms with Gasteiger partial charge < -0.3 is 19.1 Å². The molecule has 2 fully saturated rings. The number of sulfonamides is 1. The molecule has 2 heterocycles. The van der Waals surface area contributed by atoms with E-state index < -0.39 is 15.4 Å². The molecular formula is C19H28N2O6S. The van der Waals surface area contributed by atoms with E-state index in [9.17, 15) is 13.2 Å². The van der Waals surface area contributed by atoms with Crippen LogP contribution in [-0.2, 0) is 19.6 Å². The molecule has 2 saturated heterocycles. The lowest BCUT2D eigenvalue weighted by molar-refractivity contribution is -0.134. The molecule has 0 aliphatic carbocycles. The monoisotopic (exact) mass is 412 g/mol. The normalized spacial score (nSPS) is 25.4. The minimum atomic E-state index is -3.80. The van der Waals surface area contributed by atoms with E-state index in [1.54, 1.807) is 31.1 Å². The van der Waals surface area contributed by atoms with Crippen LogP contribution in [0.5, 0.6) is 11.5 Å². The number of nitrogens with zero attached hydrogens (tertiary/aromatic N) is 2. The lowest BCUT2D eigenvalue weighted by atomic mass is 9.74. The highest BCUT2D eigenvalue weighted by Crippen LogP contribution is 2.45. The van der Waals surface area contributed by atoms with Crippen LogP contribution in [0.15, 0.2) is 23.1 Å². The van der Waals surface area contributed by atoms with Gasteiger partial charge in [-0.25, -0.2) is 8.42 Å². The molecule has 9 heteroatoms. The SMILES string of the molecule is COC[C@@]12CN(C(C)=O)CC[C@@H]1CN(S(=O)(=O)c1cc(OC)ccc1OC)C2. The maximum atomic E-state index is 13.5. The van der Waals surface area contributed by atoms with Crippen LogP contribution >= 0.6 is 0 Å². The third-order valence-electron chi connectivity index (χ3n) is 5.90. The Hall–Kier alpha value is -1.84. The van der Waals surface area contributed by atoms with Gasteiger partial charge in [-0.1, -0.05) is 0 Å². The van der Waals surface area contributed by atoms with Gasteiger partial charge in [0.05, 0.1) is 20.8 Å². The van der Waals surface area contributed by atoms with E-state index in [4.69, 9.17) is 14.2 Å². The molecule has 3 rings (SSSR count). The van der Waals surface area contributed by atoms with Gasteiger partial charge in [0, 0.05) is 51.7 Å². The van der Waals surface area contributed by atoms with Crippen LogP contribution in [0.25, 0.3) is 0 Å². The number of rotatable bonds is 6. The van der Waals surface area contributed by atoms with Crippen molar-refractivity contribution in [1.82, 2.24) is 9.21 Å². The second kappa shape index (κ2) is 7.88. The molecule has 0 saturated carbocycles. The van der Waals surface area contributed by atoms with Crippen molar-refractivity contribution in [2.24, 2.45) is 11.3 Å². The van der Waals surface area contributed by atoms with Gasteiger partial charge in [-0.05, 0) is 24.5 Å². The number of methoxy groups -OCH3 is 3. The van der Waals surface area contributed by atoms with E-state index in [0.29, 0.717) is 38.5 Å². The van der Waals surface area contributed by atoms with Crippen LogP contribution in [0.4, 0.5) is 0 Å². The van der Waals surface area contributed by atoms with E-state index in [1.165, 1.54) is 24.6 Å². The summed E-state index contributed by atoms with van der Waals surface area (Å²) in [6.07, 6.45) is 0.754. The zero-order valence-electron chi connectivity index (χ0n) is 16.8. The van der Waals surface area contributed by atoms with Gasteiger partial charge in [-0.15, -0.1) is 0 Å². The molecule has 0 N–H and O–H groups in total. The number of carbonyl (C=O) groups excluding carboxylic acids is 1. The van der Waals surface area contributed by atoms with Gasteiger partial charge in [0.2, 0.25) is 15.9 Å². The van der Waals surface area contributed by atoms with Crippen molar-refractivity contribution in [2.45, 2.75) is 18.2 Å². The fraction of sp³-hybridized carbons (Fsp3) is 0.632. The Labute approximate surface area is 166 Å². The predicted octanol–water partition coefficient (Wildman–Crippen LogP) is 1.21. The molecule has 2 aliphatic heterocycles. The highest BCUT2D eigenvalue weighted by atomic mass is 32.2. The molecule has 8 nitrogen and oxygen atoms in total. The molecule has 156 valence electrons. The number of amides is 1. The van der Waals surface area contributed by atoms with Crippen molar-refractivity contribution in [2.75, 3.05) is 54.1 Å². The molecule has 1 aromatic carbocycles. The Bertz CT molecular complexity index is 843. The highest BCUT2D eigenvalue weighted by molar-refractivity contribution is 7.89. The van der Waals surface area contributed by atoms with E-state index in [-0.39, 0.29) is 22.5 Å². The third-order valence-corrected chi connectivity index (χ3v) is 7.73. The average molecular weight is 413 g/mol. The van der Waals surface area contributed by atoms with Crippen LogP contribution in [0.2, 0.25) is 0 Å². The van der Waals surface area contributed by atoms with Crippen LogP contribution < -0.4 is 9.47 Å². The first kappa shape index (κ1) is 20.9. The largest absolute Gasteiger partial charge is 0.497 e. The van der Waals surface area contributed by atoms with Crippen molar-refractivity contribution in [3.63, 3.8) is 0 Å². The molecule has 1 aromatic rings. The van der Waals surface area contributed by atoms with Crippen molar-refractivity contribution >= 4 is 15.9 Å². The number of benzene rings is 1. The number of ether oxygens (including phenoxy) is 3. The zero-order valence-corrected chi connectivity index (χ0v) is 17.6. The molecule has 0 aromatic heterocycles. The summed E-state index contributed by atoms with van der Waals surface area (Å²) in [5.41, 5.74) is -0.405. The molecule has 1 amide bonds. The minimum absolute atomic E-state index is 0.00435. The van der Waals surface area contributed by atoms with E-state index in [2.05, 4.69) is 0 Å². The standard InChI is InChI=1S/C19H28N2O6S/c1-14(22)20-8-7-15-10-21(12-19(15,11-20)13-25-2)28(23,24)18-9-16(26-3)5-6-17(18)27-4/h5-6,9,15H,7-8,10-13H2,1-4H3/t15-,19+/m1/s1. The summed E-state index contributed by atoms with van der Waals surface area (Å²) in [4.78, 5) is 13.8. The summed E-state index contributed by atoms with van der Waals surface area (Å²) < 4.78 is 44.4. The minimum Gasteiger partial charge on any atom is -0.497 e. The number of fused-ring (bicyclic) bond motifs is 1. The second-order valence-electron chi connectivity index (χ2n) is 7.54.